The Kier molecular flexibility index (Phi) is 6.00. The van der Waals surface area contributed by atoms with Gasteiger partial charge in [-0.25, -0.2) is 9.59 Å². The molecule has 6 heteroatoms. The van der Waals surface area contributed by atoms with Crippen molar-refractivity contribution in [3.05, 3.63) is 60.2 Å². The molecule has 0 aliphatic rings. The van der Waals surface area contributed by atoms with Gasteiger partial charge in [0.1, 0.15) is 12.2 Å². The summed E-state index contributed by atoms with van der Waals surface area (Å²) >= 11 is 0. The Balaban J connectivity index is 1.88. The van der Waals surface area contributed by atoms with Crippen molar-refractivity contribution >= 4 is 23.6 Å². The van der Waals surface area contributed by atoms with Crippen LogP contribution >= 0.6 is 0 Å². The van der Waals surface area contributed by atoms with Gasteiger partial charge in [-0.2, -0.15) is 0 Å². The molecular formula is C19H22N2O4. The zero-order chi connectivity index (χ0) is 18.3. The van der Waals surface area contributed by atoms with E-state index in [0.29, 0.717) is 11.4 Å². The number of nitrogens with one attached hydrogen (secondary N) is 2. The average molecular weight is 342 g/mol. The number of hydrogen-bond acceptors (Lipinski definition) is 4. The number of hydrogen-bond donors (Lipinski definition) is 2. The fourth-order valence-electron chi connectivity index (χ4n) is 1.97. The van der Waals surface area contributed by atoms with Crippen LogP contribution in [0.2, 0.25) is 0 Å². The predicted molar refractivity (Wildman–Crippen MR) is 96.5 cm³/mol. The molecule has 2 aromatic rings. The van der Waals surface area contributed by atoms with Gasteiger partial charge in [-0.15, -0.1) is 0 Å². The molecule has 2 aromatic carbocycles. The first-order chi connectivity index (χ1) is 11.8. The van der Waals surface area contributed by atoms with Crippen LogP contribution in [0, 0.1) is 0 Å². The largest absolute Gasteiger partial charge is 0.444 e. The summed E-state index contributed by atoms with van der Waals surface area (Å²) in [4.78, 5) is 23.6. The van der Waals surface area contributed by atoms with Crippen LogP contribution in [0.4, 0.5) is 21.0 Å². The molecule has 2 rings (SSSR count). The maximum Gasteiger partial charge on any atom is 0.412 e. The van der Waals surface area contributed by atoms with Crippen LogP contribution in [0.5, 0.6) is 0 Å². The Morgan fingerprint density at radius 2 is 1.48 bits per heavy atom. The second-order valence-corrected chi connectivity index (χ2v) is 6.39. The molecule has 0 spiro atoms. The molecule has 0 saturated heterocycles. The molecule has 132 valence electrons. The fourth-order valence-corrected chi connectivity index (χ4v) is 1.97. The molecule has 0 aromatic heterocycles. The number of anilines is 2. The zero-order valence-corrected chi connectivity index (χ0v) is 14.5. The van der Waals surface area contributed by atoms with E-state index in [9.17, 15) is 9.59 Å². The van der Waals surface area contributed by atoms with Crippen molar-refractivity contribution in [2.24, 2.45) is 0 Å². The Labute approximate surface area is 147 Å². The van der Waals surface area contributed by atoms with Crippen LogP contribution in [-0.4, -0.2) is 17.8 Å². The molecule has 0 atom stereocenters. The van der Waals surface area contributed by atoms with Crippen molar-refractivity contribution in [3.8, 4) is 0 Å². The Morgan fingerprint density at radius 3 is 2.08 bits per heavy atom. The van der Waals surface area contributed by atoms with E-state index < -0.39 is 17.8 Å². The summed E-state index contributed by atoms with van der Waals surface area (Å²) in [5.41, 5.74) is 1.33. The van der Waals surface area contributed by atoms with Crippen molar-refractivity contribution in [1.82, 2.24) is 0 Å². The minimum atomic E-state index is -0.582. The second kappa shape index (κ2) is 8.19. The summed E-state index contributed by atoms with van der Waals surface area (Å²) < 4.78 is 10.3. The van der Waals surface area contributed by atoms with E-state index in [1.807, 2.05) is 30.3 Å². The lowest BCUT2D eigenvalue weighted by atomic mass is 10.2. The van der Waals surface area contributed by atoms with E-state index in [2.05, 4.69) is 10.6 Å². The minimum absolute atomic E-state index is 0.183. The Bertz CT molecular complexity index is 724. The van der Waals surface area contributed by atoms with Gasteiger partial charge < -0.3 is 9.47 Å². The van der Waals surface area contributed by atoms with Gasteiger partial charge in [-0.05, 0) is 44.5 Å². The third kappa shape index (κ3) is 6.95. The van der Waals surface area contributed by atoms with E-state index in [-0.39, 0.29) is 6.61 Å². The third-order valence-electron chi connectivity index (χ3n) is 2.97. The lowest BCUT2D eigenvalue weighted by Gasteiger charge is -2.19. The summed E-state index contributed by atoms with van der Waals surface area (Å²) in [6, 6.07) is 16.1. The molecule has 0 bridgehead atoms. The highest BCUT2D eigenvalue weighted by Crippen LogP contribution is 2.17. The van der Waals surface area contributed by atoms with E-state index in [0.717, 1.165) is 5.56 Å². The first-order valence-corrected chi connectivity index (χ1v) is 7.89. The van der Waals surface area contributed by atoms with E-state index in [1.54, 1.807) is 45.0 Å². The summed E-state index contributed by atoms with van der Waals surface area (Å²) in [5, 5.41) is 5.24. The third-order valence-corrected chi connectivity index (χ3v) is 2.97. The lowest BCUT2D eigenvalue weighted by molar-refractivity contribution is 0.0636. The topological polar surface area (TPSA) is 76.7 Å². The first-order valence-electron chi connectivity index (χ1n) is 7.89. The monoisotopic (exact) mass is 342 g/mol. The smallest absolute Gasteiger partial charge is 0.412 e. The normalized spacial score (nSPS) is 10.7. The fraction of sp³-hybridized carbons (Fsp3) is 0.263. The minimum Gasteiger partial charge on any atom is -0.444 e. The summed E-state index contributed by atoms with van der Waals surface area (Å²) in [7, 11) is 0. The van der Waals surface area contributed by atoms with E-state index in [1.165, 1.54) is 0 Å². The quantitative estimate of drug-likeness (QED) is 0.838. The number of rotatable bonds is 4. The van der Waals surface area contributed by atoms with Crippen LogP contribution in [0.15, 0.2) is 54.6 Å². The van der Waals surface area contributed by atoms with Gasteiger partial charge in [0.25, 0.3) is 0 Å². The molecule has 0 radical (unpaired) electrons. The molecule has 0 aliphatic heterocycles. The van der Waals surface area contributed by atoms with Gasteiger partial charge >= 0.3 is 12.2 Å². The van der Waals surface area contributed by atoms with E-state index >= 15 is 0 Å². The molecule has 0 unspecified atom stereocenters. The standard InChI is InChI=1S/C19H22N2O4/c1-19(2,3)25-18(23)21-16-11-7-10-15(12-16)20-17(22)24-13-14-8-5-4-6-9-14/h4-12H,13H2,1-3H3,(H,20,22)(H,21,23). The molecule has 0 heterocycles. The molecule has 25 heavy (non-hydrogen) atoms. The number of benzene rings is 2. The van der Waals surface area contributed by atoms with Crippen molar-refractivity contribution in [1.29, 1.82) is 0 Å². The number of amides is 2. The lowest BCUT2D eigenvalue weighted by Crippen LogP contribution is -2.27. The predicted octanol–water partition coefficient (Wildman–Crippen LogP) is 4.78. The van der Waals surface area contributed by atoms with Crippen LogP contribution in [0.1, 0.15) is 26.3 Å². The van der Waals surface area contributed by atoms with Crippen LogP contribution in [0.3, 0.4) is 0 Å². The summed E-state index contributed by atoms with van der Waals surface area (Å²) in [6.07, 6.45) is -1.13. The molecule has 6 nitrogen and oxygen atoms in total. The highest BCUT2D eigenvalue weighted by Gasteiger charge is 2.16. The number of ether oxygens (including phenoxy) is 2. The van der Waals surface area contributed by atoms with Crippen LogP contribution < -0.4 is 10.6 Å². The summed E-state index contributed by atoms with van der Waals surface area (Å²) in [6.45, 7) is 5.54. The molecule has 0 fully saturated rings. The SMILES string of the molecule is CC(C)(C)OC(=O)Nc1cccc(NC(=O)OCc2ccccc2)c1. The van der Waals surface area contributed by atoms with Gasteiger partial charge in [0.15, 0.2) is 0 Å². The second-order valence-electron chi connectivity index (χ2n) is 6.39. The maximum atomic E-state index is 11.9. The van der Waals surface area contributed by atoms with Crippen molar-refractivity contribution in [2.75, 3.05) is 10.6 Å². The molecule has 2 amide bonds. The van der Waals surface area contributed by atoms with Crippen molar-refractivity contribution in [3.63, 3.8) is 0 Å². The highest BCUT2D eigenvalue weighted by molar-refractivity contribution is 5.88. The number of carbonyl (C=O) groups is 2. The van der Waals surface area contributed by atoms with E-state index in [4.69, 9.17) is 9.47 Å². The zero-order valence-electron chi connectivity index (χ0n) is 14.5. The Hall–Kier alpha value is -3.02. The molecule has 2 N–H and O–H groups in total. The van der Waals surface area contributed by atoms with Gasteiger partial charge in [0.05, 0.1) is 0 Å². The molecule has 0 saturated carbocycles. The maximum absolute atomic E-state index is 11.9. The van der Waals surface area contributed by atoms with Gasteiger partial charge in [-0.1, -0.05) is 36.4 Å². The summed E-state index contributed by atoms with van der Waals surface area (Å²) in [5.74, 6) is 0. The highest BCUT2D eigenvalue weighted by atomic mass is 16.6. The Morgan fingerprint density at radius 1 is 0.880 bits per heavy atom. The van der Waals surface area contributed by atoms with Crippen LogP contribution in [-0.2, 0) is 16.1 Å². The van der Waals surface area contributed by atoms with Gasteiger partial charge in [0.2, 0.25) is 0 Å². The van der Waals surface area contributed by atoms with Crippen molar-refractivity contribution < 1.29 is 19.1 Å². The number of carbonyl (C=O) groups excluding carboxylic acids is 2. The van der Waals surface area contributed by atoms with Gasteiger partial charge in [0, 0.05) is 11.4 Å². The van der Waals surface area contributed by atoms with Crippen molar-refractivity contribution in [2.45, 2.75) is 33.0 Å². The molecular weight excluding hydrogens is 320 g/mol. The van der Waals surface area contributed by atoms with Gasteiger partial charge in [-0.3, -0.25) is 10.6 Å². The molecule has 0 aliphatic carbocycles. The van der Waals surface area contributed by atoms with Crippen LogP contribution in [0.25, 0.3) is 0 Å². The average Bonchev–Trinajstić information content (AvgIpc) is 2.52. The first kappa shape index (κ1) is 18.3.